The summed E-state index contributed by atoms with van der Waals surface area (Å²) in [5.74, 6) is 4.40. The SMILES string of the molecule is COc1cc(NN)ccc1C(=O)O.Cl. The van der Waals surface area contributed by atoms with E-state index >= 15 is 0 Å². The maximum atomic E-state index is 10.6. The maximum Gasteiger partial charge on any atom is 0.339 e. The fourth-order valence-electron chi connectivity index (χ4n) is 0.958. The Morgan fingerprint density at radius 3 is 2.64 bits per heavy atom. The minimum atomic E-state index is -1.03. The number of benzene rings is 1. The first-order valence-corrected chi connectivity index (χ1v) is 3.57. The van der Waals surface area contributed by atoms with Crippen LogP contribution in [0.3, 0.4) is 0 Å². The molecule has 1 aromatic rings. The predicted octanol–water partition coefficient (Wildman–Crippen LogP) is 1.10. The van der Waals surface area contributed by atoms with Crippen LogP contribution in [0.5, 0.6) is 5.75 Å². The van der Waals surface area contributed by atoms with Gasteiger partial charge < -0.3 is 15.3 Å². The van der Waals surface area contributed by atoms with Gasteiger partial charge in [0, 0.05) is 6.07 Å². The van der Waals surface area contributed by atoms with Gasteiger partial charge in [-0.15, -0.1) is 12.4 Å². The van der Waals surface area contributed by atoms with Crippen LogP contribution < -0.4 is 16.0 Å². The first-order valence-electron chi connectivity index (χ1n) is 3.57. The Labute approximate surface area is 87.2 Å². The van der Waals surface area contributed by atoms with Gasteiger partial charge in [0.1, 0.15) is 11.3 Å². The third-order valence-corrected chi connectivity index (χ3v) is 1.60. The third kappa shape index (κ3) is 2.51. The lowest BCUT2D eigenvalue weighted by Crippen LogP contribution is -2.08. The van der Waals surface area contributed by atoms with Crippen LogP contribution in [0.25, 0.3) is 0 Å². The Balaban J connectivity index is 0.00000169. The summed E-state index contributed by atoms with van der Waals surface area (Å²) in [5.41, 5.74) is 3.11. The summed E-state index contributed by atoms with van der Waals surface area (Å²) in [6.45, 7) is 0. The minimum Gasteiger partial charge on any atom is -0.496 e. The molecule has 0 unspecified atom stereocenters. The van der Waals surface area contributed by atoms with E-state index in [1.54, 1.807) is 6.07 Å². The molecule has 4 N–H and O–H groups in total. The topological polar surface area (TPSA) is 84.6 Å². The van der Waals surface area contributed by atoms with Crippen molar-refractivity contribution in [2.45, 2.75) is 0 Å². The monoisotopic (exact) mass is 218 g/mol. The highest BCUT2D eigenvalue weighted by Crippen LogP contribution is 2.22. The standard InChI is InChI=1S/C8H10N2O3.ClH/c1-13-7-4-5(10-9)2-3-6(7)8(11)12;/h2-4,10H,9H2,1H3,(H,11,12);1H. The van der Waals surface area contributed by atoms with Gasteiger partial charge in [0.15, 0.2) is 0 Å². The molecule has 0 heterocycles. The van der Waals surface area contributed by atoms with E-state index in [4.69, 9.17) is 15.7 Å². The van der Waals surface area contributed by atoms with Gasteiger partial charge in [-0.25, -0.2) is 4.79 Å². The molecule has 0 aliphatic heterocycles. The van der Waals surface area contributed by atoms with Gasteiger partial charge in [-0.3, -0.25) is 5.84 Å². The Bertz CT molecular complexity index is 330. The van der Waals surface area contributed by atoms with Gasteiger partial charge in [-0.2, -0.15) is 0 Å². The number of aromatic carboxylic acids is 1. The van der Waals surface area contributed by atoms with Gasteiger partial charge in [0.2, 0.25) is 0 Å². The fraction of sp³-hybridized carbons (Fsp3) is 0.125. The van der Waals surface area contributed by atoms with E-state index in [9.17, 15) is 4.79 Å². The number of hydrogen-bond donors (Lipinski definition) is 3. The quantitative estimate of drug-likeness (QED) is 0.523. The van der Waals surface area contributed by atoms with Crippen LogP contribution in [-0.4, -0.2) is 18.2 Å². The zero-order valence-electron chi connectivity index (χ0n) is 7.48. The summed E-state index contributed by atoms with van der Waals surface area (Å²) in [6, 6.07) is 4.51. The van der Waals surface area contributed by atoms with E-state index in [1.807, 2.05) is 0 Å². The molecule has 14 heavy (non-hydrogen) atoms. The smallest absolute Gasteiger partial charge is 0.339 e. The predicted molar refractivity (Wildman–Crippen MR) is 55.0 cm³/mol. The molecule has 0 aliphatic carbocycles. The average Bonchev–Trinajstić information content (AvgIpc) is 2.16. The number of anilines is 1. The molecular formula is C8H11ClN2O3. The summed E-state index contributed by atoms with van der Waals surface area (Å²) < 4.78 is 4.87. The Hall–Kier alpha value is -1.46. The first-order chi connectivity index (χ1) is 6.19. The van der Waals surface area contributed by atoms with Gasteiger partial charge in [0.25, 0.3) is 0 Å². The molecule has 5 nitrogen and oxygen atoms in total. The second kappa shape index (κ2) is 5.31. The third-order valence-electron chi connectivity index (χ3n) is 1.60. The number of carboxylic acid groups (broad SMARTS) is 1. The number of nitrogen functional groups attached to an aromatic ring is 1. The highest BCUT2D eigenvalue weighted by Gasteiger charge is 2.10. The number of carboxylic acids is 1. The van der Waals surface area contributed by atoms with Crippen molar-refractivity contribution in [2.24, 2.45) is 5.84 Å². The number of rotatable bonds is 3. The number of methoxy groups -OCH3 is 1. The molecular weight excluding hydrogens is 208 g/mol. The van der Waals surface area contributed by atoms with Crippen LogP contribution in [0.4, 0.5) is 5.69 Å². The highest BCUT2D eigenvalue weighted by molar-refractivity contribution is 5.91. The van der Waals surface area contributed by atoms with E-state index < -0.39 is 5.97 Å². The highest BCUT2D eigenvalue weighted by atomic mass is 35.5. The number of carbonyl (C=O) groups is 1. The molecule has 0 saturated heterocycles. The summed E-state index contributed by atoms with van der Waals surface area (Å²) in [7, 11) is 1.40. The van der Waals surface area contributed by atoms with Gasteiger partial charge in [0.05, 0.1) is 12.8 Å². The van der Waals surface area contributed by atoms with Gasteiger partial charge in [-0.1, -0.05) is 0 Å². The Morgan fingerprint density at radius 1 is 1.57 bits per heavy atom. The molecule has 78 valence electrons. The van der Waals surface area contributed by atoms with Crippen molar-refractivity contribution in [3.8, 4) is 5.75 Å². The molecule has 0 aliphatic rings. The van der Waals surface area contributed by atoms with E-state index in [0.717, 1.165) is 0 Å². The summed E-state index contributed by atoms with van der Waals surface area (Å²) in [5, 5.41) is 8.73. The fourth-order valence-corrected chi connectivity index (χ4v) is 0.958. The summed E-state index contributed by atoms with van der Waals surface area (Å²) in [6.07, 6.45) is 0. The van der Waals surface area contributed by atoms with Crippen LogP contribution in [-0.2, 0) is 0 Å². The number of nitrogens with two attached hydrogens (primary N) is 1. The molecule has 1 rings (SSSR count). The summed E-state index contributed by atoms with van der Waals surface area (Å²) in [4.78, 5) is 10.6. The molecule has 0 spiro atoms. The Kier molecular flexibility index (Phi) is 4.76. The number of hydrogen-bond acceptors (Lipinski definition) is 4. The van der Waals surface area contributed by atoms with E-state index in [-0.39, 0.29) is 23.7 Å². The van der Waals surface area contributed by atoms with E-state index in [2.05, 4.69) is 5.43 Å². The first kappa shape index (κ1) is 12.5. The van der Waals surface area contributed by atoms with Crippen molar-refractivity contribution in [3.63, 3.8) is 0 Å². The average molecular weight is 219 g/mol. The van der Waals surface area contributed by atoms with Crippen LogP contribution in [0.1, 0.15) is 10.4 Å². The van der Waals surface area contributed by atoms with Crippen molar-refractivity contribution < 1.29 is 14.6 Å². The zero-order chi connectivity index (χ0) is 9.84. The number of nitrogens with one attached hydrogen (secondary N) is 1. The molecule has 6 heteroatoms. The van der Waals surface area contributed by atoms with Crippen molar-refractivity contribution in [2.75, 3.05) is 12.5 Å². The van der Waals surface area contributed by atoms with Crippen molar-refractivity contribution >= 4 is 24.1 Å². The van der Waals surface area contributed by atoms with Gasteiger partial charge >= 0.3 is 5.97 Å². The van der Waals surface area contributed by atoms with Crippen LogP contribution >= 0.6 is 12.4 Å². The molecule has 0 saturated carbocycles. The number of ether oxygens (including phenoxy) is 1. The maximum absolute atomic E-state index is 10.6. The molecule has 0 bridgehead atoms. The van der Waals surface area contributed by atoms with Crippen molar-refractivity contribution in [3.05, 3.63) is 23.8 Å². The normalized spacial score (nSPS) is 8.71. The lowest BCUT2D eigenvalue weighted by molar-refractivity contribution is 0.0693. The molecule has 0 radical (unpaired) electrons. The van der Waals surface area contributed by atoms with Crippen molar-refractivity contribution in [1.29, 1.82) is 0 Å². The minimum absolute atomic E-state index is 0. The second-order valence-corrected chi connectivity index (χ2v) is 2.36. The summed E-state index contributed by atoms with van der Waals surface area (Å²) >= 11 is 0. The molecule has 1 aromatic carbocycles. The van der Waals surface area contributed by atoms with E-state index in [1.165, 1.54) is 19.2 Å². The number of hydrazine groups is 1. The van der Waals surface area contributed by atoms with Crippen LogP contribution in [0.15, 0.2) is 18.2 Å². The number of halogens is 1. The largest absolute Gasteiger partial charge is 0.496 e. The van der Waals surface area contributed by atoms with E-state index in [0.29, 0.717) is 5.69 Å². The molecule has 0 fully saturated rings. The second-order valence-electron chi connectivity index (χ2n) is 2.36. The lowest BCUT2D eigenvalue weighted by Gasteiger charge is -2.06. The molecule has 0 aromatic heterocycles. The van der Waals surface area contributed by atoms with Crippen molar-refractivity contribution in [1.82, 2.24) is 0 Å². The molecule has 0 amide bonds. The zero-order valence-corrected chi connectivity index (χ0v) is 8.30. The lowest BCUT2D eigenvalue weighted by atomic mass is 10.2. The Morgan fingerprint density at radius 2 is 2.21 bits per heavy atom. The van der Waals surface area contributed by atoms with Crippen LogP contribution in [0, 0.1) is 0 Å². The molecule has 0 atom stereocenters. The van der Waals surface area contributed by atoms with Gasteiger partial charge in [-0.05, 0) is 12.1 Å². The van der Waals surface area contributed by atoms with Crippen LogP contribution in [0.2, 0.25) is 0 Å².